The Morgan fingerprint density at radius 2 is 1.86 bits per heavy atom. The van der Waals surface area contributed by atoms with Crippen LogP contribution in [0.5, 0.6) is 0 Å². The molecule has 28 heavy (non-hydrogen) atoms. The molecule has 1 aromatic carbocycles. The molecular formula is C20H24FN5OS. The SMILES string of the molecule is Cc1nc2nc(SCC(=O)NC(c3ccc(F)cc3)C(C)C)nn2c(C)c1C. The van der Waals surface area contributed by atoms with Gasteiger partial charge in [-0.3, -0.25) is 4.79 Å². The number of carbonyl (C=O) groups is 1. The van der Waals surface area contributed by atoms with Gasteiger partial charge in [0.1, 0.15) is 5.82 Å². The molecule has 148 valence electrons. The normalized spacial score (nSPS) is 12.5. The molecule has 0 saturated heterocycles. The van der Waals surface area contributed by atoms with E-state index in [-0.39, 0.29) is 29.4 Å². The monoisotopic (exact) mass is 401 g/mol. The van der Waals surface area contributed by atoms with Gasteiger partial charge in [-0.2, -0.15) is 4.98 Å². The summed E-state index contributed by atoms with van der Waals surface area (Å²) < 4.78 is 14.9. The Kier molecular flexibility index (Phi) is 5.98. The van der Waals surface area contributed by atoms with Crippen molar-refractivity contribution in [3.63, 3.8) is 0 Å². The summed E-state index contributed by atoms with van der Waals surface area (Å²) in [6, 6.07) is 6.04. The number of aromatic nitrogens is 4. The molecule has 1 N–H and O–H groups in total. The van der Waals surface area contributed by atoms with E-state index < -0.39 is 0 Å². The summed E-state index contributed by atoms with van der Waals surface area (Å²) in [6.07, 6.45) is 0. The standard InChI is InChI=1S/C20H24FN5OS/c1-11(2)18(15-6-8-16(21)9-7-15)23-17(27)10-28-20-24-19-22-13(4)12(3)14(5)26(19)25-20/h6-9,11,18H,10H2,1-5H3,(H,23,27). The van der Waals surface area contributed by atoms with Crippen molar-refractivity contribution >= 4 is 23.4 Å². The summed E-state index contributed by atoms with van der Waals surface area (Å²) in [7, 11) is 0. The average molecular weight is 402 g/mol. The molecule has 0 fully saturated rings. The van der Waals surface area contributed by atoms with Crippen LogP contribution < -0.4 is 5.32 Å². The molecular weight excluding hydrogens is 377 g/mol. The molecule has 3 rings (SSSR count). The van der Waals surface area contributed by atoms with Crippen molar-refractivity contribution in [2.45, 2.75) is 45.8 Å². The van der Waals surface area contributed by atoms with Crippen LogP contribution in [0.15, 0.2) is 29.4 Å². The second-order valence-corrected chi connectivity index (χ2v) is 8.09. The molecule has 0 aliphatic rings. The fourth-order valence-electron chi connectivity index (χ4n) is 2.95. The molecule has 0 aliphatic carbocycles. The maximum absolute atomic E-state index is 13.2. The summed E-state index contributed by atoms with van der Waals surface area (Å²) in [4.78, 5) is 21.3. The smallest absolute Gasteiger partial charge is 0.253 e. The number of amides is 1. The first-order valence-electron chi connectivity index (χ1n) is 9.14. The van der Waals surface area contributed by atoms with E-state index in [2.05, 4.69) is 20.4 Å². The number of thioether (sulfide) groups is 1. The minimum Gasteiger partial charge on any atom is -0.348 e. The maximum Gasteiger partial charge on any atom is 0.253 e. The highest BCUT2D eigenvalue weighted by Gasteiger charge is 2.19. The van der Waals surface area contributed by atoms with Gasteiger partial charge in [0, 0.05) is 11.4 Å². The third-order valence-corrected chi connectivity index (χ3v) is 5.62. The van der Waals surface area contributed by atoms with Crippen LogP contribution in [0.25, 0.3) is 5.78 Å². The molecule has 0 bridgehead atoms. The summed E-state index contributed by atoms with van der Waals surface area (Å²) >= 11 is 1.27. The van der Waals surface area contributed by atoms with Crippen molar-refractivity contribution in [2.24, 2.45) is 5.92 Å². The van der Waals surface area contributed by atoms with E-state index in [9.17, 15) is 9.18 Å². The molecule has 2 aromatic heterocycles. The van der Waals surface area contributed by atoms with Crippen molar-refractivity contribution < 1.29 is 9.18 Å². The van der Waals surface area contributed by atoms with Gasteiger partial charge in [0.2, 0.25) is 11.1 Å². The van der Waals surface area contributed by atoms with E-state index in [4.69, 9.17) is 0 Å². The van der Waals surface area contributed by atoms with Gasteiger partial charge in [-0.15, -0.1) is 5.10 Å². The second-order valence-electron chi connectivity index (χ2n) is 7.14. The molecule has 2 heterocycles. The van der Waals surface area contributed by atoms with Crippen molar-refractivity contribution in [3.05, 3.63) is 52.6 Å². The zero-order valence-corrected chi connectivity index (χ0v) is 17.5. The lowest BCUT2D eigenvalue weighted by molar-refractivity contribution is -0.119. The number of hydrogen-bond donors (Lipinski definition) is 1. The van der Waals surface area contributed by atoms with Crippen LogP contribution >= 0.6 is 11.8 Å². The van der Waals surface area contributed by atoms with Gasteiger partial charge in [0.25, 0.3) is 5.78 Å². The molecule has 0 saturated carbocycles. The molecule has 1 atom stereocenters. The molecule has 6 nitrogen and oxygen atoms in total. The first-order valence-corrected chi connectivity index (χ1v) is 10.1. The molecule has 1 amide bonds. The predicted octanol–water partition coefficient (Wildman–Crippen LogP) is 3.79. The van der Waals surface area contributed by atoms with Gasteiger partial charge in [-0.25, -0.2) is 13.9 Å². The molecule has 1 unspecified atom stereocenters. The van der Waals surface area contributed by atoms with Crippen LogP contribution in [0, 0.1) is 32.5 Å². The first kappa shape index (κ1) is 20.3. The summed E-state index contributed by atoms with van der Waals surface area (Å²) in [6.45, 7) is 9.95. The Hall–Kier alpha value is -2.48. The lowest BCUT2D eigenvalue weighted by atomic mass is 9.96. The number of benzene rings is 1. The van der Waals surface area contributed by atoms with E-state index in [1.54, 1.807) is 16.6 Å². The zero-order valence-electron chi connectivity index (χ0n) is 16.7. The maximum atomic E-state index is 13.2. The lowest BCUT2D eigenvalue weighted by Gasteiger charge is -2.22. The number of carbonyl (C=O) groups excluding carboxylic acids is 1. The minimum atomic E-state index is -0.291. The Morgan fingerprint density at radius 1 is 1.18 bits per heavy atom. The van der Waals surface area contributed by atoms with Gasteiger partial charge in [-0.05, 0) is 49.9 Å². The van der Waals surface area contributed by atoms with Gasteiger partial charge in [0.15, 0.2) is 0 Å². The Balaban J connectivity index is 1.68. The summed E-state index contributed by atoms with van der Waals surface area (Å²) in [5.41, 5.74) is 3.87. The second kappa shape index (κ2) is 8.26. The summed E-state index contributed by atoms with van der Waals surface area (Å²) in [5, 5.41) is 7.99. The third kappa shape index (κ3) is 4.32. The van der Waals surface area contributed by atoms with Crippen LogP contribution in [-0.2, 0) is 4.79 Å². The highest BCUT2D eigenvalue weighted by Crippen LogP contribution is 2.23. The van der Waals surface area contributed by atoms with E-state index in [0.717, 1.165) is 22.5 Å². The number of nitrogens with one attached hydrogen (secondary N) is 1. The van der Waals surface area contributed by atoms with E-state index in [1.807, 2.05) is 34.6 Å². The van der Waals surface area contributed by atoms with Crippen LogP contribution in [-0.4, -0.2) is 31.2 Å². The molecule has 3 aromatic rings. The van der Waals surface area contributed by atoms with Crippen molar-refractivity contribution in [3.8, 4) is 0 Å². The molecule has 0 aliphatic heterocycles. The average Bonchev–Trinajstić information content (AvgIpc) is 3.06. The van der Waals surface area contributed by atoms with Crippen molar-refractivity contribution in [1.29, 1.82) is 0 Å². The fraction of sp³-hybridized carbons (Fsp3) is 0.400. The Bertz CT molecular complexity index is 1000. The third-order valence-electron chi connectivity index (χ3n) is 4.79. The van der Waals surface area contributed by atoms with E-state index in [0.29, 0.717) is 10.9 Å². The minimum absolute atomic E-state index is 0.121. The van der Waals surface area contributed by atoms with Gasteiger partial charge in [-0.1, -0.05) is 37.7 Å². The van der Waals surface area contributed by atoms with Crippen LogP contribution in [0.1, 0.15) is 42.4 Å². The topological polar surface area (TPSA) is 72.2 Å². The number of aryl methyl sites for hydroxylation is 2. The predicted molar refractivity (Wildman–Crippen MR) is 108 cm³/mol. The number of hydrogen-bond acceptors (Lipinski definition) is 5. The number of rotatable bonds is 6. The van der Waals surface area contributed by atoms with E-state index in [1.165, 1.54) is 23.9 Å². The van der Waals surface area contributed by atoms with Crippen LogP contribution in [0.3, 0.4) is 0 Å². The number of halogens is 1. The van der Waals surface area contributed by atoms with Gasteiger partial charge in [0.05, 0.1) is 11.8 Å². The molecule has 8 heteroatoms. The lowest BCUT2D eigenvalue weighted by Crippen LogP contribution is -2.33. The largest absolute Gasteiger partial charge is 0.348 e. The Morgan fingerprint density at radius 3 is 2.50 bits per heavy atom. The van der Waals surface area contributed by atoms with E-state index >= 15 is 0 Å². The van der Waals surface area contributed by atoms with Crippen LogP contribution in [0.4, 0.5) is 4.39 Å². The fourth-order valence-corrected chi connectivity index (χ4v) is 3.58. The number of nitrogens with zero attached hydrogens (tertiary/aromatic N) is 4. The number of fused-ring (bicyclic) bond motifs is 1. The highest BCUT2D eigenvalue weighted by atomic mass is 32.2. The van der Waals surface area contributed by atoms with Crippen molar-refractivity contribution in [1.82, 2.24) is 24.9 Å². The van der Waals surface area contributed by atoms with Crippen molar-refractivity contribution in [2.75, 3.05) is 5.75 Å². The first-order chi connectivity index (χ1) is 13.3. The van der Waals surface area contributed by atoms with Gasteiger partial charge >= 0.3 is 0 Å². The summed E-state index contributed by atoms with van der Waals surface area (Å²) in [5.74, 6) is 0.489. The van der Waals surface area contributed by atoms with Gasteiger partial charge < -0.3 is 5.32 Å². The quantitative estimate of drug-likeness (QED) is 0.636. The Labute approximate surface area is 168 Å². The molecule has 0 spiro atoms. The molecule has 0 radical (unpaired) electrons. The van der Waals surface area contributed by atoms with Crippen LogP contribution in [0.2, 0.25) is 0 Å². The zero-order chi connectivity index (χ0) is 20.4. The highest BCUT2D eigenvalue weighted by molar-refractivity contribution is 7.99.